The quantitative estimate of drug-likeness (QED) is 0.370. The Morgan fingerprint density at radius 1 is 1.27 bits per heavy atom. The van der Waals surface area contributed by atoms with Crippen LogP contribution in [0, 0.1) is 17.3 Å². The second kappa shape index (κ2) is 7.03. The van der Waals surface area contributed by atoms with Crippen molar-refractivity contribution in [1.29, 1.82) is 0 Å². The summed E-state index contributed by atoms with van der Waals surface area (Å²) in [5.41, 5.74) is 1.99. The van der Waals surface area contributed by atoms with Crippen LogP contribution in [0.1, 0.15) is 49.7 Å². The van der Waals surface area contributed by atoms with Crippen LogP contribution in [0.5, 0.6) is 5.75 Å². The first-order chi connectivity index (χ1) is 11.7. The Morgan fingerprint density at radius 3 is 2.69 bits per heavy atom. The summed E-state index contributed by atoms with van der Waals surface area (Å²) < 4.78 is 36.8. The van der Waals surface area contributed by atoms with Crippen LogP contribution in [0.25, 0.3) is 0 Å². The Labute approximate surface area is 176 Å². The van der Waals surface area contributed by atoms with Crippen molar-refractivity contribution in [2.45, 2.75) is 57.2 Å². The summed E-state index contributed by atoms with van der Waals surface area (Å²) in [6.07, 6.45) is 2.87. The van der Waals surface area contributed by atoms with Gasteiger partial charge >= 0.3 is 29.6 Å². The van der Waals surface area contributed by atoms with Crippen molar-refractivity contribution in [3.05, 3.63) is 29.3 Å². The fraction of sp³-hybridized carbons (Fsp3) is 0.667. The molecule has 0 saturated heterocycles. The van der Waals surface area contributed by atoms with Gasteiger partial charge in [0.2, 0.25) is 0 Å². The third kappa shape index (κ3) is 3.36. The monoisotopic (exact) mass is 390 g/mol. The molecule has 0 spiro atoms. The van der Waals surface area contributed by atoms with Crippen LogP contribution in [0.15, 0.2) is 18.2 Å². The van der Waals surface area contributed by atoms with Crippen molar-refractivity contribution in [3.63, 3.8) is 0 Å². The Morgan fingerprint density at radius 2 is 2.00 bits per heavy atom. The number of hydrogen-bond acceptors (Lipinski definition) is 6. The summed E-state index contributed by atoms with van der Waals surface area (Å²) in [6, 6.07) is 5.08. The van der Waals surface area contributed by atoms with Gasteiger partial charge in [-0.3, -0.25) is 0 Å². The summed E-state index contributed by atoms with van der Waals surface area (Å²) >= 11 is 0. The summed E-state index contributed by atoms with van der Waals surface area (Å²) in [7, 11) is -4.76. The molecule has 26 heavy (non-hydrogen) atoms. The van der Waals surface area contributed by atoms with E-state index in [1.807, 2.05) is 6.07 Å². The van der Waals surface area contributed by atoms with Gasteiger partial charge in [0.25, 0.3) is 10.4 Å². The molecule has 2 saturated carbocycles. The van der Waals surface area contributed by atoms with E-state index in [0.29, 0.717) is 24.2 Å². The van der Waals surface area contributed by atoms with Gasteiger partial charge in [-0.25, -0.2) is 8.42 Å². The molecule has 4 rings (SSSR count). The molecular weight excluding hydrogens is 367 g/mol. The largest absolute Gasteiger partial charge is 1.00 e. The molecule has 0 amide bonds. The van der Waals surface area contributed by atoms with E-state index in [1.165, 1.54) is 5.56 Å². The molecule has 2 N–H and O–H groups in total. The van der Waals surface area contributed by atoms with Crippen LogP contribution in [-0.2, 0) is 16.8 Å². The second-order valence-corrected chi connectivity index (χ2v) is 9.04. The molecule has 6 atom stereocenters. The average molecular weight is 390 g/mol. The van der Waals surface area contributed by atoms with Gasteiger partial charge in [0.1, 0.15) is 5.75 Å². The second-order valence-electron chi connectivity index (χ2n) is 8.06. The minimum absolute atomic E-state index is 0. The normalized spacial score (nSPS) is 38.5. The van der Waals surface area contributed by atoms with Gasteiger partial charge < -0.3 is 18.9 Å². The molecule has 0 radical (unpaired) electrons. The van der Waals surface area contributed by atoms with Crippen molar-refractivity contribution in [2.24, 2.45) is 17.3 Å². The zero-order chi connectivity index (χ0) is 18.0. The summed E-state index contributed by atoms with van der Waals surface area (Å²) in [6.45, 7) is 2.10. The molecule has 0 aliphatic heterocycles. The third-order valence-corrected chi connectivity index (χ3v) is 7.27. The zero-order valence-corrected chi connectivity index (χ0v) is 17.9. The average Bonchev–Trinajstić information content (AvgIpc) is 2.76. The molecular formula is C18H23NaO6S. The third-order valence-electron chi connectivity index (χ3n) is 6.87. The van der Waals surface area contributed by atoms with E-state index in [0.717, 1.165) is 31.2 Å². The van der Waals surface area contributed by atoms with E-state index in [4.69, 9.17) is 0 Å². The maximum absolute atomic E-state index is 10.8. The van der Waals surface area contributed by atoms with Crippen LogP contribution in [0.2, 0.25) is 0 Å². The molecule has 0 bridgehead atoms. The predicted molar refractivity (Wildman–Crippen MR) is 88.8 cm³/mol. The van der Waals surface area contributed by atoms with Crippen molar-refractivity contribution >= 4 is 10.4 Å². The fourth-order valence-electron chi connectivity index (χ4n) is 5.72. The van der Waals surface area contributed by atoms with E-state index in [-0.39, 0.29) is 40.7 Å². The molecule has 1 aromatic rings. The topological polar surface area (TPSA) is 107 Å². The maximum Gasteiger partial charge on any atom is 1.00 e. The summed E-state index contributed by atoms with van der Waals surface area (Å²) in [5, 5.41) is 20.6. The van der Waals surface area contributed by atoms with Crippen molar-refractivity contribution in [2.75, 3.05) is 0 Å². The first-order valence-corrected chi connectivity index (χ1v) is 10.2. The van der Waals surface area contributed by atoms with E-state index in [2.05, 4.69) is 11.1 Å². The number of rotatable bonds is 2. The van der Waals surface area contributed by atoms with Crippen LogP contribution in [-0.4, -0.2) is 35.4 Å². The Balaban J connectivity index is 0.00000196. The van der Waals surface area contributed by atoms with Crippen LogP contribution in [0.4, 0.5) is 0 Å². The van der Waals surface area contributed by atoms with Crippen molar-refractivity contribution in [3.8, 4) is 5.75 Å². The SMILES string of the molecule is C[C@]12CCC3c4ccc(OS(=O)(=O)[O-])cc4CCC3C1C[C@@H](O)[C@@H]2O.[Na+]. The van der Waals surface area contributed by atoms with E-state index in [9.17, 15) is 23.2 Å². The molecule has 1 aromatic carbocycles. The smallest absolute Gasteiger partial charge is 0.716 e. The minimum atomic E-state index is -4.76. The molecule has 0 heterocycles. The molecule has 3 aliphatic carbocycles. The zero-order valence-electron chi connectivity index (χ0n) is 15.1. The molecule has 3 aliphatic rings. The number of fused-ring (bicyclic) bond motifs is 5. The summed E-state index contributed by atoms with van der Waals surface area (Å²) in [4.78, 5) is 0. The molecule has 0 aromatic heterocycles. The Kier molecular flexibility index (Phi) is 5.56. The van der Waals surface area contributed by atoms with E-state index >= 15 is 0 Å². The number of aliphatic hydroxyl groups excluding tert-OH is 2. The van der Waals surface area contributed by atoms with E-state index in [1.54, 1.807) is 12.1 Å². The van der Waals surface area contributed by atoms with Crippen LogP contribution in [0.3, 0.4) is 0 Å². The van der Waals surface area contributed by atoms with Gasteiger partial charge in [0.05, 0.1) is 12.2 Å². The van der Waals surface area contributed by atoms with Crippen LogP contribution < -0.4 is 33.7 Å². The molecule has 8 heteroatoms. The first-order valence-electron chi connectivity index (χ1n) is 8.83. The molecule has 138 valence electrons. The van der Waals surface area contributed by atoms with Crippen molar-refractivity contribution < 1.29 is 56.9 Å². The first kappa shape index (κ1) is 20.6. The van der Waals surface area contributed by atoms with Gasteiger partial charge in [-0.15, -0.1) is 0 Å². The number of aryl methyl sites for hydroxylation is 1. The predicted octanol–water partition coefficient (Wildman–Crippen LogP) is -1.28. The maximum atomic E-state index is 10.8. The molecule has 6 nitrogen and oxygen atoms in total. The number of hydrogen-bond donors (Lipinski definition) is 2. The van der Waals surface area contributed by atoms with E-state index < -0.39 is 22.6 Å². The van der Waals surface area contributed by atoms with Gasteiger partial charge in [-0.2, -0.15) is 0 Å². The van der Waals surface area contributed by atoms with Crippen molar-refractivity contribution in [1.82, 2.24) is 0 Å². The number of benzene rings is 1. The standard InChI is InChI=1S/C18H24O6S.Na/c1-18-7-6-13-12-5-3-11(24-25(21,22)23)8-10(12)2-4-14(13)15(18)9-16(19)17(18)20;/h3,5,8,13-17,19-20H,2,4,6-7,9H2,1H3,(H,21,22,23);/q;+1/p-1/t13?,14?,15?,16-,17+,18+;/m1./s1. The van der Waals surface area contributed by atoms with Crippen LogP contribution >= 0.6 is 0 Å². The summed E-state index contributed by atoms with van der Waals surface area (Å²) in [5.74, 6) is 1.12. The van der Waals surface area contributed by atoms with Gasteiger partial charge in [0.15, 0.2) is 0 Å². The van der Waals surface area contributed by atoms with Gasteiger partial charge in [0, 0.05) is 0 Å². The molecule has 3 unspecified atom stereocenters. The van der Waals surface area contributed by atoms with Gasteiger partial charge in [-0.1, -0.05) is 13.0 Å². The molecule has 2 fully saturated rings. The minimum Gasteiger partial charge on any atom is -0.716 e. The van der Waals surface area contributed by atoms with Gasteiger partial charge in [-0.05, 0) is 78.5 Å². The fourth-order valence-corrected chi connectivity index (χ4v) is 6.06. The Bertz CT molecular complexity index is 797. The number of aliphatic hydroxyl groups is 2. The Hall–Kier alpha value is -0.150.